The molecule has 0 unspecified atom stereocenters. The van der Waals surface area contributed by atoms with Gasteiger partial charge < -0.3 is 10.6 Å². The summed E-state index contributed by atoms with van der Waals surface area (Å²) in [6.45, 7) is 5.15. The summed E-state index contributed by atoms with van der Waals surface area (Å²) in [5, 5.41) is 6.77. The van der Waals surface area contributed by atoms with Crippen LogP contribution >= 0.6 is 0 Å². The van der Waals surface area contributed by atoms with Crippen LogP contribution in [-0.4, -0.2) is 22.6 Å². The molecule has 94 valence electrons. The molecule has 0 radical (unpaired) electrons. The van der Waals surface area contributed by atoms with Gasteiger partial charge in [-0.15, -0.1) is 0 Å². The normalized spacial score (nSPS) is 14.7. The van der Waals surface area contributed by atoms with E-state index in [1.165, 1.54) is 32.1 Å². The Morgan fingerprint density at radius 3 is 2.71 bits per heavy atom. The standard InChI is InChI=1S/C13H22N4/c1-3-4-5-8-14-12-9-13(16-10(2)15-12)17-11-6-7-11/h9,11H,3-8H2,1-2H3,(H2,14,15,16,17). The molecule has 1 aromatic rings. The lowest BCUT2D eigenvalue weighted by Crippen LogP contribution is -2.08. The Kier molecular flexibility index (Phi) is 4.18. The Labute approximate surface area is 103 Å². The van der Waals surface area contributed by atoms with E-state index in [4.69, 9.17) is 0 Å². The molecule has 0 atom stereocenters. The zero-order valence-electron chi connectivity index (χ0n) is 10.8. The topological polar surface area (TPSA) is 49.8 Å². The average Bonchev–Trinajstić information content (AvgIpc) is 3.07. The number of aryl methyl sites for hydroxylation is 1. The van der Waals surface area contributed by atoms with Crippen LogP contribution < -0.4 is 10.6 Å². The maximum absolute atomic E-state index is 4.40. The van der Waals surface area contributed by atoms with Crippen LogP contribution in [-0.2, 0) is 0 Å². The van der Waals surface area contributed by atoms with Gasteiger partial charge in [0.15, 0.2) is 0 Å². The van der Waals surface area contributed by atoms with Gasteiger partial charge in [-0.1, -0.05) is 19.8 Å². The SMILES string of the molecule is CCCCCNc1cc(NC2CC2)nc(C)n1. The van der Waals surface area contributed by atoms with Crippen LogP contribution in [0.25, 0.3) is 0 Å². The first kappa shape index (κ1) is 12.1. The van der Waals surface area contributed by atoms with Crippen molar-refractivity contribution in [2.75, 3.05) is 17.2 Å². The maximum Gasteiger partial charge on any atom is 0.132 e. The fourth-order valence-electron chi connectivity index (χ4n) is 1.76. The van der Waals surface area contributed by atoms with E-state index in [-0.39, 0.29) is 0 Å². The Bertz CT molecular complexity index is 360. The second-order valence-electron chi connectivity index (χ2n) is 4.74. The van der Waals surface area contributed by atoms with Crippen LogP contribution in [0.2, 0.25) is 0 Å². The maximum atomic E-state index is 4.40. The van der Waals surface area contributed by atoms with Crippen LogP contribution in [0.3, 0.4) is 0 Å². The van der Waals surface area contributed by atoms with Crippen molar-refractivity contribution in [2.45, 2.75) is 52.0 Å². The Morgan fingerprint density at radius 2 is 2.00 bits per heavy atom. The molecule has 1 heterocycles. The zero-order chi connectivity index (χ0) is 12.1. The second-order valence-corrected chi connectivity index (χ2v) is 4.74. The lowest BCUT2D eigenvalue weighted by Gasteiger charge is -2.09. The number of hydrogen-bond acceptors (Lipinski definition) is 4. The molecule has 0 saturated heterocycles. The van der Waals surface area contributed by atoms with Gasteiger partial charge in [0, 0.05) is 18.7 Å². The molecule has 1 aliphatic rings. The van der Waals surface area contributed by atoms with Crippen LogP contribution in [0.15, 0.2) is 6.07 Å². The number of nitrogens with one attached hydrogen (secondary N) is 2. The molecular weight excluding hydrogens is 212 g/mol. The molecule has 4 heteroatoms. The minimum absolute atomic E-state index is 0.636. The van der Waals surface area contributed by atoms with Crippen molar-refractivity contribution < 1.29 is 0 Å². The summed E-state index contributed by atoms with van der Waals surface area (Å²) >= 11 is 0. The Hall–Kier alpha value is -1.32. The van der Waals surface area contributed by atoms with Crippen molar-refractivity contribution in [1.82, 2.24) is 9.97 Å². The molecule has 0 spiro atoms. The summed E-state index contributed by atoms with van der Waals surface area (Å²) < 4.78 is 0. The van der Waals surface area contributed by atoms with Crippen molar-refractivity contribution in [2.24, 2.45) is 0 Å². The summed E-state index contributed by atoms with van der Waals surface area (Å²) in [4.78, 5) is 8.79. The molecule has 1 aliphatic carbocycles. The van der Waals surface area contributed by atoms with Gasteiger partial charge in [0.2, 0.25) is 0 Å². The molecule has 0 aromatic carbocycles. The van der Waals surface area contributed by atoms with E-state index in [0.717, 1.165) is 24.0 Å². The number of rotatable bonds is 7. The van der Waals surface area contributed by atoms with E-state index in [1.54, 1.807) is 0 Å². The fourth-order valence-corrected chi connectivity index (χ4v) is 1.76. The Morgan fingerprint density at radius 1 is 1.24 bits per heavy atom. The van der Waals surface area contributed by atoms with E-state index in [9.17, 15) is 0 Å². The minimum atomic E-state index is 0.636. The molecule has 0 aliphatic heterocycles. The van der Waals surface area contributed by atoms with Gasteiger partial charge in [-0.25, -0.2) is 9.97 Å². The third-order valence-corrected chi connectivity index (χ3v) is 2.85. The predicted octanol–water partition coefficient (Wildman–Crippen LogP) is 2.96. The highest BCUT2D eigenvalue weighted by Crippen LogP contribution is 2.24. The van der Waals surface area contributed by atoms with Crippen LogP contribution in [0, 0.1) is 6.92 Å². The van der Waals surface area contributed by atoms with E-state index in [1.807, 2.05) is 13.0 Å². The highest BCUT2D eigenvalue weighted by Gasteiger charge is 2.21. The van der Waals surface area contributed by atoms with Gasteiger partial charge in [0.1, 0.15) is 17.5 Å². The molecule has 1 aromatic heterocycles. The van der Waals surface area contributed by atoms with Crippen molar-refractivity contribution in [3.63, 3.8) is 0 Å². The van der Waals surface area contributed by atoms with Crippen LogP contribution in [0.1, 0.15) is 44.9 Å². The van der Waals surface area contributed by atoms with Gasteiger partial charge in [-0.3, -0.25) is 0 Å². The number of hydrogen-bond donors (Lipinski definition) is 2. The summed E-state index contributed by atoms with van der Waals surface area (Å²) in [6, 6.07) is 2.65. The van der Waals surface area contributed by atoms with Crippen molar-refractivity contribution >= 4 is 11.6 Å². The predicted molar refractivity (Wildman–Crippen MR) is 71.4 cm³/mol. The lowest BCUT2D eigenvalue weighted by atomic mass is 10.2. The minimum Gasteiger partial charge on any atom is -0.370 e. The highest BCUT2D eigenvalue weighted by molar-refractivity contribution is 5.48. The van der Waals surface area contributed by atoms with Gasteiger partial charge in [-0.05, 0) is 26.2 Å². The number of anilines is 2. The first-order valence-electron chi connectivity index (χ1n) is 6.64. The smallest absolute Gasteiger partial charge is 0.132 e. The first-order valence-corrected chi connectivity index (χ1v) is 6.64. The third-order valence-electron chi connectivity index (χ3n) is 2.85. The molecule has 1 saturated carbocycles. The molecule has 0 bridgehead atoms. The van der Waals surface area contributed by atoms with E-state index in [2.05, 4.69) is 27.5 Å². The first-order chi connectivity index (χ1) is 8.28. The summed E-state index contributed by atoms with van der Waals surface area (Å²) in [5.41, 5.74) is 0. The molecular formula is C13H22N4. The summed E-state index contributed by atoms with van der Waals surface area (Å²) in [5.74, 6) is 2.73. The molecule has 1 fully saturated rings. The average molecular weight is 234 g/mol. The van der Waals surface area contributed by atoms with Gasteiger partial charge in [-0.2, -0.15) is 0 Å². The zero-order valence-corrected chi connectivity index (χ0v) is 10.8. The molecule has 2 rings (SSSR count). The second kappa shape index (κ2) is 5.84. The Balaban J connectivity index is 1.88. The lowest BCUT2D eigenvalue weighted by molar-refractivity contribution is 0.742. The third kappa shape index (κ3) is 4.21. The fraction of sp³-hybridized carbons (Fsp3) is 0.692. The molecule has 17 heavy (non-hydrogen) atoms. The molecule has 4 nitrogen and oxygen atoms in total. The number of unbranched alkanes of at least 4 members (excludes halogenated alkanes) is 2. The van der Waals surface area contributed by atoms with E-state index in [0.29, 0.717) is 6.04 Å². The number of aromatic nitrogens is 2. The van der Waals surface area contributed by atoms with Crippen molar-refractivity contribution in [3.8, 4) is 0 Å². The summed E-state index contributed by atoms with van der Waals surface area (Å²) in [7, 11) is 0. The quantitative estimate of drug-likeness (QED) is 0.712. The van der Waals surface area contributed by atoms with E-state index >= 15 is 0 Å². The van der Waals surface area contributed by atoms with Crippen molar-refractivity contribution in [1.29, 1.82) is 0 Å². The largest absolute Gasteiger partial charge is 0.370 e. The molecule has 2 N–H and O–H groups in total. The van der Waals surface area contributed by atoms with Gasteiger partial charge >= 0.3 is 0 Å². The monoisotopic (exact) mass is 234 g/mol. The van der Waals surface area contributed by atoms with Crippen LogP contribution in [0.5, 0.6) is 0 Å². The summed E-state index contributed by atoms with van der Waals surface area (Å²) in [6.07, 6.45) is 6.25. The highest BCUT2D eigenvalue weighted by atomic mass is 15.1. The van der Waals surface area contributed by atoms with Gasteiger partial charge in [0.25, 0.3) is 0 Å². The van der Waals surface area contributed by atoms with E-state index < -0.39 is 0 Å². The van der Waals surface area contributed by atoms with Crippen molar-refractivity contribution in [3.05, 3.63) is 11.9 Å². The van der Waals surface area contributed by atoms with Crippen LogP contribution in [0.4, 0.5) is 11.6 Å². The van der Waals surface area contributed by atoms with Gasteiger partial charge in [0.05, 0.1) is 0 Å². The molecule has 0 amide bonds. The number of nitrogens with zero attached hydrogens (tertiary/aromatic N) is 2.